The lowest BCUT2D eigenvalue weighted by atomic mass is 10.1. The van der Waals surface area contributed by atoms with Gasteiger partial charge in [0.05, 0.1) is 26.4 Å². The van der Waals surface area contributed by atoms with Gasteiger partial charge >= 0.3 is 5.97 Å². The SMILES string of the molecule is CCOC(=O)c1cc(C)c(N2CCOCC2)nc1N1CC[C@@H](F)C1.O. The number of rotatable bonds is 4. The van der Waals surface area contributed by atoms with E-state index >= 15 is 0 Å². The monoisotopic (exact) mass is 355 g/mol. The molecule has 2 fully saturated rings. The number of pyridine rings is 1. The molecule has 140 valence electrons. The number of nitrogens with zero attached hydrogens (tertiary/aromatic N) is 3. The Kier molecular flexibility index (Phi) is 6.55. The Labute approximate surface area is 147 Å². The van der Waals surface area contributed by atoms with Gasteiger partial charge < -0.3 is 24.7 Å². The molecule has 1 aromatic heterocycles. The topological polar surface area (TPSA) is 86.4 Å². The number of aromatic nitrogens is 1. The molecule has 0 saturated carbocycles. The molecular weight excluding hydrogens is 329 g/mol. The van der Waals surface area contributed by atoms with Crippen molar-refractivity contribution in [3.05, 3.63) is 17.2 Å². The van der Waals surface area contributed by atoms with Gasteiger partial charge in [-0.25, -0.2) is 14.2 Å². The third-order valence-electron chi connectivity index (χ3n) is 4.40. The van der Waals surface area contributed by atoms with Crippen LogP contribution in [-0.2, 0) is 9.47 Å². The molecule has 2 N–H and O–H groups in total. The third-order valence-corrected chi connectivity index (χ3v) is 4.40. The number of morpholine rings is 1. The molecule has 3 heterocycles. The van der Waals surface area contributed by atoms with E-state index in [2.05, 4.69) is 4.90 Å². The molecule has 2 aliphatic heterocycles. The summed E-state index contributed by atoms with van der Waals surface area (Å²) in [5.41, 5.74) is 1.33. The van der Waals surface area contributed by atoms with Crippen LogP contribution in [0.4, 0.5) is 16.0 Å². The van der Waals surface area contributed by atoms with E-state index in [9.17, 15) is 9.18 Å². The van der Waals surface area contributed by atoms with E-state index in [4.69, 9.17) is 14.5 Å². The maximum Gasteiger partial charge on any atom is 0.341 e. The van der Waals surface area contributed by atoms with Gasteiger partial charge in [-0.15, -0.1) is 0 Å². The summed E-state index contributed by atoms with van der Waals surface area (Å²) in [6.07, 6.45) is -0.417. The lowest BCUT2D eigenvalue weighted by molar-refractivity contribution is 0.0526. The normalized spacial score (nSPS) is 20.4. The molecule has 8 heteroatoms. The van der Waals surface area contributed by atoms with Gasteiger partial charge in [0, 0.05) is 19.6 Å². The van der Waals surface area contributed by atoms with E-state index in [0.717, 1.165) is 24.5 Å². The Morgan fingerprint density at radius 2 is 2.04 bits per heavy atom. The van der Waals surface area contributed by atoms with Gasteiger partial charge in [-0.2, -0.15) is 0 Å². The van der Waals surface area contributed by atoms with Crippen molar-refractivity contribution in [1.29, 1.82) is 0 Å². The van der Waals surface area contributed by atoms with Gasteiger partial charge in [-0.05, 0) is 31.9 Å². The van der Waals surface area contributed by atoms with Crippen molar-refractivity contribution in [3.63, 3.8) is 0 Å². The number of anilines is 2. The van der Waals surface area contributed by atoms with Crippen molar-refractivity contribution >= 4 is 17.6 Å². The second kappa shape index (κ2) is 8.44. The molecule has 0 radical (unpaired) electrons. The quantitative estimate of drug-likeness (QED) is 0.753. The van der Waals surface area contributed by atoms with Crippen molar-refractivity contribution in [2.45, 2.75) is 26.4 Å². The molecular formula is C17H26FN3O4. The summed E-state index contributed by atoms with van der Waals surface area (Å²) in [5.74, 6) is 0.961. The first-order valence-electron chi connectivity index (χ1n) is 8.50. The molecule has 0 aromatic carbocycles. The van der Waals surface area contributed by atoms with Crippen LogP contribution in [0, 0.1) is 6.92 Å². The van der Waals surface area contributed by atoms with E-state index in [1.165, 1.54) is 0 Å². The molecule has 0 spiro atoms. The van der Waals surface area contributed by atoms with Gasteiger partial charge in [0.1, 0.15) is 23.4 Å². The summed E-state index contributed by atoms with van der Waals surface area (Å²) >= 11 is 0. The Bertz CT molecular complexity index is 608. The zero-order valence-electron chi connectivity index (χ0n) is 14.8. The average Bonchev–Trinajstić information content (AvgIpc) is 3.02. The second-order valence-electron chi connectivity index (χ2n) is 6.15. The summed E-state index contributed by atoms with van der Waals surface area (Å²) in [4.78, 5) is 21.1. The lowest BCUT2D eigenvalue weighted by Crippen LogP contribution is -2.37. The van der Waals surface area contributed by atoms with Gasteiger partial charge in [-0.1, -0.05) is 0 Å². The highest BCUT2D eigenvalue weighted by atomic mass is 19.1. The van der Waals surface area contributed by atoms with Crippen molar-refractivity contribution < 1.29 is 24.1 Å². The zero-order valence-corrected chi connectivity index (χ0v) is 14.8. The standard InChI is InChI=1S/C17H24FN3O3.H2O/c1-3-24-17(22)14-10-12(2)15(20-6-8-23-9-7-20)19-16(14)21-5-4-13(18)11-21;/h10,13H,3-9,11H2,1-2H3;1H2/t13-;/m1./s1. The molecule has 0 amide bonds. The van der Waals surface area contributed by atoms with Crippen LogP contribution in [0.15, 0.2) is 6.07 Å². The van der Waals surface area contributed by atoms with Crippen molar-refractivity contribution in [2.24, 2.45) is 0 Å². The predicted molar refractivity (Wildman–Crippen MR) is 93.3 cm³/mol. The number of alkyl halides is 1. The van der Waals surface area contributed by atoms with Crippen molar-refractivity contribution in [3.8, 4) is 0 Å². The molecule has 0 bridgehead atoms. The number of ether oxygens (including phenoxy) is 2. The molecule has 0 aliphatic carbocycles. The predicted octanol–water partition coefficient (Wildman–Crippen LogP) is 1.13. The zero-order chi connectivity index (χ0) is 17.1. The van der Waals surface area contributed by atoms with E-state index < -0.39 is 12.1 Å². The fourth-order valence-corrected chi connectivity index (χ4v) is 3.20. The number of aryl methyl sites for hydroxylation is 1. The van der Waals surface area contributed by atoms with E-state index in [0.29, 0.717) is 44.2 Å². The van der Waals surface area contributed by atoms with E-state index in [1.54, 1.807) is 6.92 Å². The van der Waals surface area contributed by atoms with Crippen LogP contribution in [0.1, 0.15) is 29.3 Å². The molecule has 1 aromatic rings. The smallest absolute Gasteiger partial charge is 0.341 e. The minimum atomic E-state index is -0.880. The van der Waals surface area contributed by atoms with Crippen LogP contribution in [-0.4, -0.2) is 68.6 Å². The van der Waals surface area contributed by atoms with Gasteiger partial charge in [-0.3, -0.25) is 0 Å². The van der Waals surface area contributed by atoms with Crippen LogP contribution < -0.4 is 9.80 Å². The maximum atomic E-state index is 13.7. The molecule has 25 heavy (non-hydrogen) atoms. The number of esters is 1. The Hall–Kier alpha value is -1.93. The van der Waals surface area contributed by atoms with Gasteiger partial charge in [0.25, 0.3) is 0 Å². The fraction of sp³-hybridized carbons (Fsp3) is 0.647. The minimum absolute atomic E-state index is 0. The third kappa shape index (κ3) is 4.19. The molecule has 7 nitrogen and oxygen atoms in total. The lowest BCUT2D eigenvalue weighted by Gasteiger charge is -2.30. The highest BCUT2D eigenvalue weighted by molar-refractivity contribution is 5.95. The fourth-order valence-electron chi connectivity index (χ4n) is 3.20. The summed E-state index contributed by atoms with van der Waals surface area (Å²) in [6.45, 7) is 7.68. The second-order valence-corrected chi connectivity index (χ2v) is 6.15. The van der Waals surface area contributed by atoms with Crippen molar-refractivity contribution in [2.75, 3.05) is 55.8 Å². The van der Waals surface area contributed by atoms with Gasteiger partial charge in [0.2, 0.25) is 0 Å². The molecule has 0 unspecified atom stereocenters. The average molecular weight is 355 g/mol. The number of carbonyl (C=O) groups is 1. The van der Waals surface area contributed by atoms with Crippen LogP contribution in [0.25, 0.3) is 0 Å². The first-order valence-corrected chi connectivity index (χ1v) is 8.50. The molecule has 2 aliphatic rings. The summed E-state index contributed by atoms with van der Waals surface area (Å²) < 4.78 is 24.2. The van der Waals surface area contributed by atoms with Crippen molar-refractivity contribution in [1.82, 2.24) is 4.98 Å². The summed E-state index contributed by atoms with van der Waals surface area (Å²) in [5, 5.41) is 0. The minimum Gasteiger partial charge on any atom is -0.462 e. The molecule has 2 saturated heterocycles. The highest BCUT2D eigenvalue weighted by Gasteiger charge is 2.29. The summed E-state index contributed by atoms with van der Waals surface area (Å²) in [6, 6.07) is 1.82. The van der Waals surface area contributed by atoms with Crippen LogP contribution in [0.5, 0.6) is 0 Å². The van der Waals surface area contributed by atoms with E-state index in [1.807, 2.05) is 17.9 Å². The molecule has 1 atom stereocenters. The number of halogens is 1. The van der Waals surface area contributed by atoms with Crippen LogP contribution in [0.3, 0.4) is 0 Å². The van der Waals surface area contributed by atoms with Crippen LogP contribution in [0.2, 0.25) is 0 Å². The Morgan fingerprint density at radius 1 is 1.32 bits per heavy atom. The first-order chi connectivity index (χ1) is 11.6. The number of hydrogen-bond donors (Lipinski definition) is 0. The highest BCUT2D eigenvalue weighted by Crippen LogP contribution is 2.30. The molecule has 3 rings (SSSR count). The largest absolute Gasteiger partial charge is 0.462 e. The summed E-state index contributed by atoms with van der Waals surface area (Å²) in [7, 11) is 0. The first kappa shape index (κ1) is 19.4. The van der Waals surface area contributed by atoms with E-state index in [-0.39, 0.29) is 12.0 Å². The Balaban J connectivity index is 0.00000225. The van der Waals surface area contributed by atoms with Gasteiger partial charge in [0.15, 0.2) is 0 Å². The maximum absolute atomic E-state index is 13.7. The van der Waals surface area contributed by atoms with Crippen LogP contribution >= 0.6 is 0 Å². The Morgan fingerprint density at radius 3 is 2.64 bits per heavy atom. The number of hydrogen-bond acceptors (Lipinski definition) is 6. The number of carbonyl (C=O) groups excluding carboxylic acids is 1.